The van der Waals surface area contributed by atoms with Crippen molar-refractivity contribution in [1.82, 2.24) is 16.0 Å². The molecule has 0 heterocycles. The SMILES string of the molecule is CCCCCCCCCCCCCCCCCCNCCCCCCCCCCCCCCCCCC.CCCCCCCCCCCCCCCCCCNCCCCCCCCCCCCCCCCCC.CCCCCCCCCCCCCCCCCCNCCCCCCCCCCCCCCCCCC.OB(O)O. The fraction of sp³-hybridized carbons (Fsp3) is 1.00. The van der Waals surface area contributed by atoms with Crippen LogP contribution in [0.3, 0.4) is 0 Å². The summed E-state index contributed by atoms with van der Waals surface area (Å²) in [5.74, 6) is 0. The molecule has 0 bridgehead atoms. The van der Waals surface area contributed by atoms with E-state index in [1.807, 2.05) is 0 Å². The normalized spacial score (nSPS) is 11.3. The number of unbranched alkanes of at least 4 members (excludes halogenated alkanes) is 90. The Kier molecular flexibility index (Phi) is 131. The van der Waals surface area contributed by atoms with Gasteiger partial charge in [-0.2, -0.15) is 0 Å². The van der Waals surface area contributed by atoms with Crippen molar-refractivity contribution in [2.75, 3.05) is 39.3 Å². The topological polar surface area (TPSA) is 96.8 Å². The molecule has 0 aliphatic carbocycles. The molecule has 0 aromatic heterocycles. The first-order valence-electron chi connectivity index (χ1n) is 55.1. The molecule has 0 fully saturated rings. The second kappa shape index (κ2) is 125. The highest BCUT2D eigenvalue weighted by Gasteiger charge is 2.04. The number of rotatable bonds is 102. The zero-order valence-electron chi connectivity index (χ0n) is 81.5. The van der Waals surface area contributed by atoms with Crippen LogP contribution in [0.25, 0.3) is 0 Å². The van der Waals surface area contributed by atoms with Crippen LogP contribution >= 0.6 is 0 Å². The first-order chi connectivity index (χ1) is 57.0. The number of hydrogen-bond acceptors (Lipinski definition) is 6. The molecule has 6 nitrogen and oxygen atoms in total. The summed E-state index contributed by atoms with van der Waals surface area (Å²) >= 11 is 0. The van der Waals surface area contributed by atoms with E-state index < -0.39 is 7.32 Å². The molecule has 0 amide bonds. The van der Waals surface area contributed by atoms with Gasteiger partial charge in [0.1, 0.15) is 0 Å². The van der Waals surface area contributed by atoms with E-state index in [4.69, 9.17) is 15.1 Å². The molecule has 0 aliphatic rings. The van der Waals surface area contributed by atoms with Crippen LogP contribution in [0.5, 0.6) is 0 Å². The summed E-state index contributed by atoms with van der Waals surface area (Å²) in [5.41, 5.74) is 0. The van der Waals surface area contributed by atoms with Crippen LogP contribution in [-0.2, 0) is 0 Å². The van der Waals surface area contributed by atoms with Gasteiger partial charge in [-0.05, 0) is 77.8 Å². The molecule has 0 saturated heterocycles. The van der Waals surface area contributed by atoms with Crippen LogP contribution in [0, 0.1) is 0 Å². The highest BCUT2D eigenvalue weighted by molar-refractivity contribution is 6.30. The summed E-state index contributed by atoms with van der Waals surface area (Å²) in [7, 11) is -2.17. The van der Waals surface area contributed by atoms with E-state index in [9.17, 15) is 0 Å². The standard InChI is InChI=1S/3C36H75N.BH3O3/c3*1-3-5-7-9-11-13-15-17-19-21-23-25-27-29-31-33-35-37-36-34-32-30-28-26-24-22-20-18-16-14-12-10-8-6-4-2;2-1(3)4/h3*37H,3-36H2,1-2H3;2-4H. The molecule has 0 unspecified atom stereocenters. The maximum Gasteiger partial charge on any atom is 0.631 e. The molecule has 7 heteroatoms. The van der Waals surface area contributed by atoms with Gasteiger partial charge in [0.2, 0.25) is 0 Å². The Morgan fingerprint density at radius 3 is 0.217 bits per heavy atom. The zero-order valence-corrected chi connectivity index (χ0v) is 81.5. The molecular formula is C108H228BN3O3. The minimum absolute atomic E-state index is 1.25. The van der Waals surface area contributed by atoms with Crippen LogP contribution < -0.4 is 16.0 Å². The van der Waals surface area contributed by atoms with E-state index in [0.717, 1.165) is 0 Å². The third-order valence-electron chi connectivity index (χ3n) is 25.2. The molecular weight excluding hydrogens is 1400 g/mol. The lowest BCUT2D eigenvalue weighted by Crippen LogP contribution is -2.16. The predicted octanol–water partition coefficient (Wildman–Crippen LogP) is 37.2. The molecule has 6 N–H and O–H groups in total. The quantitative estimate of drug-likeness (QED) is 0.0268. The molecule has 0 aromatic carbocycles. The first kappa shape index (κ1) is 121. The molecule has 0 spiro atoms. The van der Waals surface area contributed by atoms with Crippen LogP contribution in [0.15, 0.2) is 0 Å². The van der Waals surface area contributed by atoms with Gasteiger partial charge >= 0.3 is 7.32 Å². The second-order valence-electron chi connectivity index (χ2n) is 37.4. The summed E-state index contributed by atoms with van der Waals surface area (Å²) < 4.78 is 0. The Bertz CT molecular complexity index is 1230. The van der Waals surface area contributed by atoms with Crippen molar-refractivity contribution in [1.29, 1.82) is 0 Å². The lowest BCUT2D eigenvalue weighted by Gasteiger charge is -2.06. The molecule has 0 atom stereocenters. The predicted molar refractivity (Wildman–Crippen MR) is 528 cm³/mol. The van der Waals surface area contributed by atoms with Crippen molar-refractivity contribution in [2.45, 2.75) is 658 Å². The summed E-state index contributed by atoms with van der Waals surface area (Å²) in [4.78, 5) is 0. The van der Waals surface area contributed by atoms with Crippen molar-refractivity contribution in [3.8, 4) is 0 Å². The van der Waals surface area contributed by atoms with Gasteiger partial charge in [0.15, 0.2) is 0 Å². The molecule has 0 radical (unpaired) electrons. The Morgan fingerprint density at radius 1 is 0.104 bits per heavy atom. The Balaban J connectivity index is -0.000000783. The van der Waals surface area contributed by atoms with Crippen molar-refractivity contribution < 1.29 is 15.1 Å². The zero-order chi connectivity index (χ0) is 83.8. The maximum atomic E-state index is 7.17. The van der Waals surface area contributed by atoms with E-state index in [1.54, 1.807) is 0 Å². The van der Waals surface area contributed by atoms with Gasteiger partial charge in [0, 0.05) is 0 Å². The van der Waals surface area contributed by atoms with Gasteiger partial charge in [-0.1, -0.05) is 619 Å². The van der Waals surface area contributed by atoms with Gasteiger partial charge in [-0.3, -0.25) is 0 Å². The fourth-order valence-electron chi connectivity index (χ4n) is 17.2. The minimum atomic E-state index is -2.17. The van der Waals surface area contributed by atoms with Crippen molar-refractivity contribution in [3.05, 3.63) is 0 Å². The Hall–Kier alpha value is -0.175. The Labute approximate surface area is 731 Å². The van der Waals surface area contributed by atoms with Gasteiger partial charge in [0.25, 0.3) is 0 Å². The largest absolute Gasteiger partial charge is 0.631 e. The average Bonchev–Trinajstić information content (AvgIpc) is 3.42. The first-order valence-corrected chi connectivity index (χ1v) is 55.1. The van der Waals surface area contributed by atoms with E-state index in [2.05, 4.69) is 57.5 Å². The van der Waals surface area contributed by atoms with Crippen molar-refractivity contribution in [3.63, 3.8) is 0 Å². The van der Waals surface area contributed by atoms with E-state index in [-0.39, 0.29) is 0 Å². The molecule has 0 rings (SSSR count). The third kappa shape index (κ3) is 137. The van der Waals surface area contributed by atoms with Crippen LogP contribution in [-0.4, -0.2) is 61.7 Å². The summed E-state index contributed by atoms with van der Waals surface area (Å²) in [6, 6.07) is 0. The molecule has 696 valence electrons. The second-order valence-corrected chi connectivity index (χ2v) is 37.4. The lowest BCUT2D eigenvalue weighted by molar-refractivity contribution is 0.278. The van der Waals surface area contributed by atoms with Crippen LogP contribution in [0.4, 0.5) is 0 Å². The summed E-state index contributed by atoms with van der Waals surface area (Å²) in [5, 5.41) is 32.6. The van der Waals surface area contributed by atoms with Gasteiger partial charge in [-0.15, -0.1) is 0 Å². The van der Waals surface area contributed by atoms with Gasteiger partial charge in [0.05, 0.1) is 0 Å². The van der Waals surface area contributed by atoms with Gasteiger partial charge in [-0.25, -0.2) is 0 Å². The average molecular weight is 1630 g/mol. The van der Waals surface area contributed by atoms with Crippen LogP contribution in [0.2, 0.25) is 0 Å². The Morgan fingerprint density at radius 2 is 0.157 bits per heavy atom. The van der Waals surface area contributed by atoms with E-state index in [1.165, 1.54) is 656 Å². The fourth-order valence-corrected chi connectivity index (χ4v) is 17.2. The minimum Gasteiger partial charge on any atom is -0.402 e. The highest BCUT2D eigenvalue weighted by Crippen LogP contribution is 2.21. The number of nitrogens with one attached hydrogen (secondary N) is 3. The smallest absolute Gasteiger partial charge is 0.402 e. The van der Waals surface area contributed by atoms with Crippen LogP contribution in [0.1, 0.15) is 658 Å². The number of hydrogen-bond donors (Lipinski definition) is 6. The summed E-state index contributed by atoms with van der Waals surface area (Å²) in [6.07, 6.45) is 140. The van der Waals surface area contributed by atoms with E-state index >= 15 is 0 Å². The van der Waals surface area contributed by atoms with Crippen molar-refractivity contribution in [2.24, 2.45) is 0 Å². The monoisotopic (exact) mass is 1630 g/mol. The molecule has 0 aliphatic heterocycles. The maximum absolute atomic E-state index is 7.17. The summed E-state index contributed by atoms with van der Waals surface area (Å²) in [6.45, 7) is 21.3. The molecule has 115 heavy (non-hydrogen) atoms. The highest BCUT2D eigenvalue weighted by atomic mass is 16.5. The molecule has 0 saturated carbocycles. The van der Waals surface area contributed by atoms with E-state index in [0.29, 0.717) is 0 Å². The van der Waals surface area contributed by atoms with Gasteiger partial charge < -0.3 is 31.0 Å². The van der Waals surface area contributed by atoms with Crippen molar-refractivity contribution >= 4 is 7.32 Å². The molecule has 0 aromatic rings. The lowest BCUT2D eigenvalue weighted by atomic mass is 10.0. The third-order valence-corrected chi connectivity index (χ3v) is 25.2.